The molecule has 1 saturated heterocycles. The van der Waals surface area contributed by atoms with Gasteiger partial charge in [0.25, 0.3) is 5.91 Å². The number of alkyl halides is 3. The number of pyridine rings is 1. The van der Waals surface area contributed by atoms with E-state index in [1.54, 1.807) is 12.4 Å². The molecule has 4 aromatic heterocycles. The number of amides is 1. The van der Waals surface area contributed by atoms with Crippen molar-refractivity contribution < 1.29 is 23.1 Å². The summed E-state index contributed by atoms with van der Waals surface area (Å²) in [5, 5.41) is 25.5. The van der Waals surface area contributed by atoms with E-state index in [4.69, 9.17) is 0 Å². The van der Waals surface area contributed by atoms with E-state index >= 15 is 0 Å². The fourth-order valence-corrected chi connectivity index (χ4v) is 6.03. The number of nitriles is 1. The number of carbonyl (C=O) groups is 1. The summed E-state index contributed by atoms with van der Waals surface area (Å²) in [6.07, 6.45) is 3.89. The predicted octanol–water partition coefficient (Wildman–Crippen LogP) is 3.69. The first-order valence-corrected chi connectivity index (χ1v) is 13.9. The van der Waals surface area contributed by atoms with E-state index in [1.807, 2.05) is 16.9 Å². The minimum atomic E-state index is -4.76. The Morgan fingerprint density at radius 1 is 1.19 bits per heavy atom. The number of H-pyrrole nitrogens is 1. The van der Waals surface area contributed by atoms with Gasteiger partial charge in [-0.2, -0.15) is 23.5 Å². The first-order chi connectivity index (χ1) is 20.4. The van der Waals surface area contributed by atoms with E-state index in [9.17, 15) is 28.3 Å². The van der Waals surface area contributed by atoms with Crippen LogP contribution in [-0.2, 0) is 17.3 Å². The Hall–Kier alpha value is -4.35. The largest absolute Gasteiger partial charge is 0.433 e. The van der Waals surface area contributed by atoms with Crippen LogP contribution in [0, 0.1) is 11.3 Å². The SMILES string of the molecule is CC(C)(O)c1cc(C(=O)N2CCN(C3CC(CC#N)(n4cc(-c5ncnc6[nH]ccc56)cn4)C3)CC2)nc(C(F)(F)F)c1. The number of nitrogens with one attached hydrogen (secondary N) is 1. The third-order valence-corrected chi connectivity index (χ3v) is 8.49. The molecule has 43 heavy (non-hydrogen) atoms. The van der Waals surface area contributed by atoms with Gasteiger partial charge in [0.2, 0.25) is 0 Å². The molecule has 0 bridgehead atoms. The van der Waals surface area contributed by atoms with Gasteiger partial charge in [0.1, 0.15) is 23.4 Å². The molecule has 14 heteroatoms. The van der Waals surface area contributed by atoms with Gasteiger partial charge in [0, 0.05) is 55.6 Å². The van der Waals surface area contributed by atoms with Crippen molar-refractivity contribution in [2.75, 3.05) is 26.2 Å². The minimum Gasteiger partial charge on any atom is -0.386 e. The fourth-order valence-electron chi connectivity index (χ4n) is 6.03. The van der Waals surface area contributed by atoms with Crippen LogP contribution in [0.1, 0.15) is 54.9 Å². The van der Waals surface area contributed by atoms with Crippen LogP contribution in [0.2, 0.25) is 0 Å². The Labute approximate surface area is 245 Å². The van der Waals surface area contributed by atoms with Crippen LogP contribution < -0.4 is 0 Å². The number of aliphatic hydroxyl groups is 1. The molecule has 0 spiro atoms. The molecule has 224 valence electrons. The van der Waals surface area contributed by atoms with Gasteiger partial charge < -0.3 is 15.0 Å². The second-order valence-electron chi connectivity index (χ2n) is 11.8. The van der Waals surface area contributed by atoms with Crippen molar-refractivity contribution in [3.63, 3.8) is 0 Å². The second kappa shape index (κ2) is 10.4. The summed E-state index contributed by atoms with van der Waals surface area (Å²) in [6, 6.07) is 6.39. The lowest BCUT2D eigenvalue weighted by Gasteiger charge is -2.52. The first-order valence-electron chi connectivity index (χ1n) is 13.9. The number of aromatic amines is 1. The summed E-state index contributed by atoms with van der Waals surface area (Å²) in [6.45, 7) is 4.44. The smallest absolute Gasteiger partial charge is 0.386 e. The van der Waals surface area contributed by atoms with Crippen molar-refractivity contribution in [2.24, 2.45) is 0 Å². The van der Waals surface area contributed by atoms with Gasteiger partial charge in [0.05, 0.1) is 35.5 Å². The predicted molar refractivity (Wildman–Crippen MR) is 148 cm³/mol. The molecular formula is C29H30F3N9O2. The van der Waals surface area contributed by atoms with Gasteiger partial charge in [-0.05, 0) is 50.5 Å². The maximum atomic E-state index is 13.5. The molecule has 1 amide bonds. The van der Waals surface area contributed by atoms with Crippen molar-refractivity contribution in [3.8, 4) is 17.3 Å². The van der Waals surface area contributed by atoms with Crippen LogP contribution in [0.3, 0.4) is 0 Å². The summed E-state index contributed by atoms with van der Waals surface area (Å²) < 4.78 is 42.3. The zero-order valence-corrected chi connectivity index (χ0v) is 23.6. The third-order valence-electron chi connectivity index (χ3n) is 8.49. The molecule has 2 aliphatic rings. The summed E-state index contributed by atoms with van der Waals surface area (Å²) in [5.41, 5.74) is -1.31. The third kappa shape index (κ3) is 5.34. The van der Waals surface area contributed by atoms with Gasteiger partial charge >= 0.3 is 6.18 Å². The number of halogens is 3. The highest BCUT2D eigenvalue weighted by atomic mass is 19.4. The van der Waals surface area contributed by atoms with Crippen molar-refractivity contribution in [1.29, 1.82) is 5.26 Å². The average molecular weight is 594 g/mol. The van der Waals surface area contributed by atoms with Crippen molar-refractivity contribution >= 4 is 16.9 Å². The zero-order chi connectivity index (χ0) is 30.6. The maximum absolute atomic E-state index is 13.5. The molecule has 1 aliphatic heterocycles. The van der Waals surface area contributed by atoms with Crippen LogP contribution in [0.15, 0.2) is 43.1 Å². The van der Waals surface area contributed by atoms with E-state index in [1.165, 1.54) is 31.1 Å². The van der Waals surface area contributed by atoms with Crippen LogP contribution in [0.25, 0.3) is 22.3 Å². The van der Waals surface area contributed by atoms with Crippen LogP contribution in [0.4, 0.5) is 13.2 Å². The molecule has 0 radical (unpaired) electrons. The highest BCUT2D eigenvalue weighted by Crippen LogP contribution is 2.45. The summed E-state index contributed by atoms with van der Waals surface area (Å²) in [7, 11) is 0. The number of fused-ring (bicyclic) bond motifs is 1. The number of rotatable bonds is 6. The van der Waals surface area contributed by atoms with E-state index < -0.39 is 28.9 Å². The minimum absolute atomic E-state index is 0.0286. The highest BCUT2D eigenvalue weighted by molar-refractivity contribution is 5.93. The molecule has 6 rings (SSSR count). The Morgan fingerprint density at radius 3 is 2.60 bits per heavy atom. The van der Waals surface area contributed by atoms with E-state index in [-0.39, 0.29) is 23.7 Å². The normalized spacial score (nSPS) is 21.5. The lowest BCUT2D eigenvalue weighted by atomic mass is 9.70. The molecule has 2 N–H and O–H groups in total. The Morgan fingerprint density at radius 2 is 1.93 bits per heavy atom. The summed E-state index contributed by atoms with van der Waals surface area (Å²) in [5.74, 6) is -0.603. The van der Waals surface area contributed by atoms with Gasteiger partial charge in [-0.3, -0.25) is 14.4 Å². The van der Waals surface area contributed by atoms with Gasteiger partial charge in [-0.15, -0.1) is 0 Å². The molecule has 1 saturated carbocycles. The number of carbonyl (C=O) groups excluding carboxylic acids is 1. The van der Waals surface area contributed by atoms with Gasteiger partial charge in [-0.1, -0.05) is 0 Å². The standard InChI is InChI=1S/C29H30F3N9O2/c1-27(2,43)19-11-22(38-23(12-19)29(30,31)32)26(42)40-9-7-39(8-10-40)20-13-28(14-20,4-5-33)41-16-18(15-37-41)24-21-3-6-34-25(21)36-17-35-24/h3,6,11-12,15-17,20,43H,4,7-10,13-14H2,1-2H3,(H,34,35,36). The summed E-state index contributed by atoms with van der Waals surface area (Å²) >= 11 is 0. The quantitative estimate of drug-likeness (QED) is 0.345. The maximum Gasteiger partial charge on any atom is 0.433 e. The number of aromatic nitrogens is 6. The topological polar surface area (TPSA) is 140 Å². The number of piperazine rings is 1. The van der Waals surface area contributed by atoms with Crippen molar-refractivity contribution in [1.82, 2.24) is 39.5 Å². The van der Waals surface area contributed by atoms with Crippen LogP contribution in [0.5, 0.6) is 0 Å². The average Bonchev–Trinajstić information content (AvgIpc) is 3.64. The molecule has 11 nitrogen and oxygen atoms in total. The monoisotopic (exact) mass is 593 g/mol. The highest BCUT2D eigenvalue weighted by Gasteiger charge is 2.49. The Balaban J connectivity index is 1.13. The summed E-state index contributed by atoms with van der Waals surface area (Å²) in [4.78, 5) is 32.3. The van der Waals surface area contributed by atoms with Crippen molar-refractivity contribution in [2.45, 2.75) is 56.5 Å². The lowest BCUT2D eigenvalue weighted by molar-refractivity contribution is -0.141. The van der Waals surface area contributed by atoms with Gasteiger partial charge in [0.15, 0.2) is 0 Å². The Kier molecular flexibility index (Phi) is 6.97. The number of hydrogen-bond donors (Lipinski definition) is 2. The molecule has 1 aliphatic carbocycles. The van der Waals surface area contributed by atoms with Gasteiger partial charge in [-0.25, -0.2) is 15.0 Å². The first kappa shape index (κ1) is 28.8. The van der Waals surface area contributed by atoms with E-state index in [2.05, 4.69) is 36.0 Å². The van der Waals surface area contributed by atoms with Crippen molar-refractivity contribution in [3.05, 3.63) is 60.1 Å². The lowest BCUT2D eigenvalue weighted by Crippen LogP contribution is -2.60. The van der Waals surface area contributed by atoms with E-state index in [0.29, 0.717) is 39.0 Å². The Bertz CT molecular complexity index is 1670. The molecule has 2 fully saturated rings. The molecule has 0 unspecified atom stereocenters. The molecule has 0 atom stereocenters. The van der Waals surface area contributed by atoms with E-state index in [0.717, 1.165) is 28.4 Å². The molecular weight excluding hydrogens is 563 g/mol. The molecule has 5 heterocycles. The number of hydrogen-bond acceptors (Lipinski definition) is 8. The molecule has 0 aromatic carbocycles. The zero-order valence-electron chi connectivity index (χ0n) is 23.6. The van der Waals surface area contributed by atoms with Crippen LogP contribution >= 0.6 is 0 Å². The fraction of sp³-hybridized carbons (Fsp3) is 0.448. The molecule has 4 aromatic rings. The van der Waals surface area contributed by atoms with Crippen LogP contribution in [-0.4, -0.2) is 82.8 Å². The second-order valence-corrected chi connectivity index (χ2v) is 11.8. The number of nitrogens with zero attached hydrogens (tertiary/aromatic N) is 8.